The Kier molecular flexibility index (Phi) is 8.68. The monoisotopic (exact) mass is 293 g/mol. The third-order valence-corrected chi connectivity index (χ3v) is 3.14. The lowest BCUT2D eigenvalue weighted by molar-refractivity contribution is 0.188. The van der Waals surface area contributed by atoms with Crippen LogP contribution in [0.4, 0.5) is 4.39 Å². The molecule has 0 fully saturated rings. The van der Waals surface area contributed by atoms with Crippen molar-refractivity contribution in [3.63, 3.8) is 0 Å². The number of halogens is 1. The van der Waals surface area contributed by atoms with Gasteiger partial charge in [0.25, 0.3) is 0 Å². The van der Waals surface area contributed by atoms with E-state index in [2.05, 4.69) is 23.7 Å². The molecule has 3 nitrogen and oxygen atoms in total. The molecular weight excluding hydrogens is 269 g/mol. The third kappa shape index (κ3) is 6.72. The van der Waals surface area contributed by atoms with Gasteiger partial charge in [0.05, 0.1) is 18.8 Å². The molecule has 0 bridgehead atoms. The minimum absolute atomic E-state index is 0.0182. The van der Waals surface area contributed by atoms with Gasteiger partial charge in [-0.2, -0.15) is 0 Å². The molecule has 0 aliphatic rings. The number of aliphatic hydroxyl groups is 2. The minimum atomic E-state index is -0.341. The van der Waals surface area contributed by atoms with Crippen LogP contribution in [0.15, 0.2) is 18.2 Å². The molecule has 0 heterocycles. The maximum absolute atomic E-state index is 13.7. The number of unbranched alkanes of at least 4 members (excludes halogenated alkanes) is 1. The first-order chi connectivity index (χ1) is 10.2. The van der Waals surface area contributed by atoms with Gasteiger partial charge in [-0.3, -0.25) is 4.90 Å². The van der Waals surface area contributed by atoms with E-state index in [1.807, 2.05) is 0 Å². The van der Waals surface area contributed by atoms with E-state index in [1.54, 1.807) is 12.1 Å². The van der Waals surface area contributed by atoms with Gasteiger partial charge in [0, 0.05) is 19.5 Å². The van der Waals surface area contributed by atoms with Crippen LogP contribution in [0.2, 0.25) is 0 Å². The Morgan fingerprint density at radius 2 is 2.00 bits per heavy atom. The minimum Gasteiger partial charge on any atom is -0.395 e. The molecule has 1 aromatic rings. The van der Waals surface area contributed by atoms with E-state index in [1.165, 1.54) is 6.07 Å². The van der Waals surface area contributed by atoms with E-state index in [4.69, 9.17) is 10.2 Å². The SMILES string of the molecule is CCCCN(CCO)Cc1ccc(F)c(C#CCCO)c1. The molecule has 0 saturated carbocycles. The zero-order valence-electron chi connectivity index (χ0n) is 12.6. The van der Waals surface area contributed by atoms with Crippen molar-refractivity contribution in [1.82, 2.24) is 4.90 Å². The average molecular weight is 293 g/mol. The Morgan fingerprint density at radius 1 is 1.19 bits per heavy atom. The quantitative estimate of drug-likeness (QED) is 0.722. The molecule has 0 spiro atoms. The highest BCUT2D eigenvalue weighted by atomic mass is 19.1. The second kappa shape index (κ2) is 10.3. The first kappa shape index (κ1) is 17.6. The fourth-order valence-corrected chi connectivity index (χ4v) is 2.03. The van der Waals surface area contributed by atoms with E-state index in [-0.39, 0.29) is 19.0 Å². The summed E-state index contributed by atoms with van der Waals surface area (Å²) in [6, 6.07) is 4.92. The van der Waals surface area contributed by atoms with Crippen LogP contribution in [0.1, 0.15) is 37.3 Å². The van der Waals surface area contributed by atoms with Crippen molar-refractivity contribution < 1.29 is 14.6 Å². The predicted octanol–water partition coefficient (Wildman–Crippen LogP) is 2.15. The Balaban J connectivity index is 2.77. The van der Waals surface area contributed by atoms with Crippen LogP contribution in [0.5, 0.6) is 0 Å². The first-order valence-electron chi connectivity index (χ1n) is 7.42. The van der Waals surface area contributed by atoms with Crippen molar-refractivity contribution in [1.29, 1.82) is 0 Å². The molecule has 116 valence electrons. The van der Waals surface area contributed by atoms with Crippen LogP contribution in [-0.4, -0.2) is 41.4 Å². The van der Waals surface area contributed by atoms with Crippen LogP contribution in [0, 0.1) is 17.7 Å². The molecule has 0 radical (unpaired) electrons. The van der Waals surface area contributed by atoms with Crippen LogP contribution >= 0.6 is 0 Å². The molecule has 0 saturated heterocycles. The lowest BCUT2D eigenvalue weighted by atomic mass is 10.1. The zero-order chi connectivity index (χ0) is 15.5. The summed E-state index contributed by atoms with van der Waals surface area (Å²) < 4.78 is 13.7. The van der Waals surface area contributed by atoms with Crippen LogP contribution in [0.3, 0.4) is 0 Å². The maximum atomic E-state index is 13.7. The van der Waals surface area contributed by atoms with Crippen molar-refractivity contribution >= 4 is 0 Å². The molecule has 0 aromatic heterocycles. The first-order valence-corrected chi connectivity index (χ1v) is 7.42. The second-order valence-electron chi connectivity index (χ2n) is 4.94. The van der Waals surface area contributed by atoms with E-state index in [0.29, 0.717) is 25.1 Å². The van der Waals surface area contributed by atoms with Gasteiger partial charge in [-0.15, -0.1) is 0 Å². The number of hydrogen-bond donors (Lipinski definition) is 2. The fraction of sp³-hybridized carbons (Fsp3) is 0.529. The molecule has 1 aromatic carbocycles. The summed E-state index contributed by atoms with van der Waals surface area (Å²) in [5.41, 5.74) is 1.34. The van der Waals surface area contributed by atoms with Gasteiger partial charge in [-0.25, -0.2) is 4.39 Å². The number of nitrogens with zero attached hydrogens (tertiary/aromatic N) is 1. The van der Waals surface area contributed by atoms with Crippen LogP contribution in [0.25, 0.3) is 0 Å². The standard InChI is InChI=1S/C17H24FNO2/c1-2-3-9-19(10-12-21)14-15-7-8-17(18)16(13-15)6-4-5-11-20/h7-8,13,20-21H,2-3,5,9-12,14H2,1H3. The molecule has 0 amide bonds. The van der Waals surface area contributed by atoms with E-state index in [9.17, 15) is 4.39 Å². The van der Waals surface area contributed by atoms with Crippen molar-refractivity contribution in [3.05, 3.63) is 35.1 Å². The smallest absolute Gasteiger partial charge is 0.138 e. The number of rotatable bonds is 8. The predicted molar refractivity (Wildman–Crippen MR) is 82.3 cm³/mol. The highest BCUT2D eigenvalue weighted by molar-refractivity contribution is 5.38. The molecule has 4 heteroatoms. The molecular formula is C17H24FNO2. The third-order valence-electron chi connectivity index (χ3n) is 3.14. The van der Waals surface area contributed by atoms with E-state index < -0.39 is 0 Å². The van der Waals surface area contributed by atoms with E-state index in [0.717, 1.165) is 24.9 Å². The van der Waals surface area contributed by atoms with Gasteiger partial charge < -0.3 is 10.2 Å². The van der Waals surface area contributed by atoms with Crippen molar-refractivity contribution in [2.24, 2.45) is 0 Å². The number of benzene rings is 1. The van der Waals surface area contributed by atoms with Crippen LogP contribution < -0.4 is 0 Å². The molecule has 0 unspecified atom stereocenters. The lowest BCUT2D eigenvalue weighted by Crippen LogP contribution is -2.27. The van der Waals surface area contributed by atoms with Gasteiger partial charge in [0.15, 0.2) is 0 Å². The van der Waals surface area contributed by atoms with E-state index >= 15 is 0 Å². The molecule has 2 N–H and O–H groups in total. The van der Waals surface area contributed by atoms with Gasteiger partial charge in [0.1, 0.15) is 5.82 Å². The summed E-state index contributed by atoms with van der Waals surface area (Å²) in [7, 11) is 0. The number of hydrogen-bond acceptors (Lipinski definition) is 3. The van der Waals surface area contributed by atoms with Crippen molar-refractivity contribution in [2.75, 3.05) is 26.3 Å². The number of aliphatic hydroxyl groups excluding tert-OH is 2. The van der Waals surface area contributed by atoms with Crippen LogP contribution in [-0.2, 0) is 6.54 Å². The summed E-state index contributed by atoms with van der Waals surface area (Å²) in [6.45, 7) is 4.44. The van der Waals surface area contributed by atoms with Gasteiger partial charge in [0.2, 0.25) is 0 Å². The summed E-state index contributed by atoms with van der Waals surface area (Å²) in [6.07, 6.45) is 2.52. The van der Waals surface area contributed by atoms with Gasteiger partial charge >= 0.3 is 0 Å². The highest BCUT2D eigenvalue weighted by Gasteiger charge is 2.07. The zero-order valence-corrected chi connectivity index (χ0v) is 12.6. The van der Waals surface area contributed by atoms with Crippen molar-refractivity contribution in [3.8, 4) is 11.8 Å². The molecule has 0 aliphatic heterocycles. The lowest BCUT2D eigenvalue weighted by Gasteiger charge is -2.21. The highest BCUT2D eigenvalue weighted by Crippen LogP contribution is 2.12. The Bertz CT molecular complexity index is 479. The summed E-state index contributed by atoms with van der Waals surface area (Å²) in [4.78, 5) is 2.15. The Hall–Kier alpha value is -1.41. The molecule has 0 aliphatic carbocycles. The molecule has 0 atom stereocenters. The van der Waals surface area contributed by atoms with Crippen molar-refractivity contribution in [2.45, 2.75) is 32.7 Å². The maximum Gasteiger partial charge on any atom is 0.138 e. The molecule has 1 rings (SSSR count). The summed E-state index contributed by atoms with van der Waals surface area (Å²) >= 11 is 0. The Labute approximate surface area is 126 Å². The molecule has 21 heavy (non-hydrogen) atoms. The summed E-state index contributed by atoms with van der Waals surface area (Å²) in [5.74, 6) is 5.15. The van der Waals surface area contributed by atoms with Gasteiger partial charge in [-0.05, 0) is 30.7 Å². The average Bonchev–Trinajstić information content (AvgIpc) is 2.48. The summed E-state index contributed by atoms with van der Waals surface area (Å²) in [5, 5.41) is 17.8. The second-order valence-corrected chi connectivity index (χ2v) is 4.94. The Morgan fingerprint density at radius 3 is 2.67 bits per heavy atom. The topological polar surface area (TPSA) is 43.7 Å². The fourth-order valence-electron chi connectivity index (χ4n) is 2.03. The van der Waals surface area contributed by atoms with Gasteiger partial charge in [-0.1, -0.05) is 31.3 Å². The normalized spacial score (nSPS) is 10.5. The largest absolute Gasteiger partial charge is 0.395 e.